The van der Waals surface area contributed by atoms with Crippen molar-refractivity contribution in [2.24, 2.45) is 0 Å². The summed E-state index contributed by atoms with van der Waals surface area (Å²) in [6.45, 7) is 3.84. The van der Waals surface area contributed by atoms with Crippen molar-refractivity contribution in [1.29, 1.82) is 0 Å². The minimum absolute atomic E-state index is 0.0350. The number of rotatable bonds is 3. The van der Waals surface area contributed by atoms with Crippen LogP contribution in [0.5, 0.6) is 0 Å². The van der Waals surface area contributed by atoms with Gasteiger partial charge in [0.25, 0.3) is 0 Å². The molecule has 2 heterocycles. The smallest absolute Gasteiger partial charge is 0.185 e. The zero-order valence-electron chi connectivity index (χ0n) is 10.5. The lowest BCUT2D eigenvalue weighted by atomic mass is 10.0. The van der Waals surface area contributed by atoms with Gasteiger partial charge in [-0.3, -0.25) is 14.8 Å². The maximum absolute atomic E-state index is 12.2. The lowest BCUT2D eigenvalue weighted by Crippen LogP contribution is -2.10. The van der Waals surface area contributed by atoms with Crippen molar-refractivity contribution in [2.75, 3.05) is 5.73 Å². The second kappa shape index (κ2) is 4.96. The normalized spacial score (nSPS) is 10.3. The second-order valence-corrected chi connectivity index (χ2v) is 4.35. The van der Waals surface area contributed by atoms with E-state index in [-0.39, 0.29) is 12.2 Å². The molecule has 0 aromatic carbocycles. The van der Waals surface area contributed by atoms with Gasteiger partial charge in [-0.05, 0) is 31.0 Å². The Balaban J connectivity index is 2.25. The fourth-order valence-electron chi connectivity index (χ4n) is 1.85. The zero-order valence-corrected chi connectivity index (χ0v) is 10.5. The van der Waals surface area contributed by atoms with E-state index in [1.54, 1.807) is 24.7 Å². The number of nitrogens with two attached hydrogens (primary N) is 1. The summed E-state index contributed by atoms with van der Waals surface area (Å²) < 4.78 is 0. The predicted octanol–water partition coefficient (Wildman–Crippen LogP) is 2.10. The summed E-state index contributed by atoms with van der Waals surface area (Å²) in [6, 6.07) is 3.64. The molecule has 0 aliphatic heterocycles. The van der Waals surface area contributed by atoms with E-state index in [1.165, 1.54) is 0 Å². The lowest BCUT2D eigenvalue weighted by molar-refractivity contribution is 0.0987. The van der Waals surface area contributed by atoms with Crippen molar-refractivity contribution in [3.8, 4) is 0 Å². The van der Waals surface area contributed by atoms with Gasteiger partial charge < -0.3 is 5.73 Å². The van der Waals surface area contributed by atoms with Crippen LogP contribution in [0, 0.1) is 13.8 Å². The molecule has 0 aliphatic rings. The van der Waals surface area contributed by atoms with Crippen LogP contribution in [-0.4, -0.2) is 15.8 Å². The predicted molar refractivity (Wildman–Crippen MR) is 70.4 cm³/mol. The molecule has 2 aromatic rings. The molecule has 2 rings (SSSR count). The quantitative estimate of drug-likeness (QED) is 0.835. The fourth-order valence-corrected chi connectivity index (χ4v) is 1.85. The number of nitrogens with zero attached hydrogens (tertiary/aromatic N) is 2. The molecule has 0 radical (unpaired) electrons. The first kappa shape index (κ1) is 12.2. The molecule has 0 spiro atoms. The van der Waals surface area contributed by atoms with Crippen molar-refractivity contribution < 1.29 is 4.79 Å². The maximum Gasteiger partial charge on any atom is 0.185 e. The minimum atomic E-state index is -0.0350. The van der Waals surface area contributed by atoms with E-state index >= 15 is 0 Å². The summed E-state index contributed by atoms with van der Waals surface area (Å²) in [6.07, 6.45) is 5.17. The Kier molecular flexibility index (Phi) is 3.37. The first-order valence-electron chi connectivity index (χ1n) is 5.72. The van der Waals surface area contributed by atoms with Crippen LogP contribution in [-0.2, 0) is 6.42 Å². The van der Waals surface area contributed by atoms with Crippen LogP contribution >= 0.6 is 0 Å². The Morgan fingerprint density at radius 2 is 2.11 bits per heavy atom. The number of ketones is 1. The first-order chi connectivity index (χ1) is 8.58. The maximum atomic E-state index is 12.2. The van der Waals surface area contributed by atoms with E-state index in [0.717, 1.165) is 16.7 Å². The molecule has 2 N–H and O–H groups in total. The number of aromatic nitrogens is 2. The summed E-state index contributed by atoms with van der Waals surface area (Å²) in [7, 11) is 0. The third kappa shape index (κ3) is 2.53. The zero-order chi connectivity index (χ0) is 13.1. The number of anilines is 1. The second-order valence-electron chi connectivity index (χ2n) is 4.35. The highest BCUT2D eigenvalue weighted by molar-refractivity contribution is 5.97. The van der Waals surface area contributed by atoms with E-state index < -0.39 is 0 Å². The van der Waals surface area contributed by atoms with Crippen molar-refractivity contribution >= 4 is 11.5 Å². The van der Waals surface area contributed by atoms with E-state index in [2.05, 4.69) is 9.97 Å². The highest BCUT2D eigenvalue weighted by Gasteiger charge is 2.13. The van der Waals surface area contributed by atoms with E-state index in [4.69, 9.17) is 5.73 Å². The molecule has 92 valence electrons. The van der Waals surface area contributed by atoms with Crippen molar-refractivity contribution in [3.63, 3.8) is 0 Å². The number of aryl methyl sites for hydroxylation is 2. The van der Waals surface area contributed by atoms with Gasteiger partial charge in [0, 0.05) is 36.3 Å². The molecule has 2 aromatic heterocycles. The monoisotopic (exact) mass is 241 g/mol. The molecule has 0 fully saturated rings. The Morgan fingerprint density at radius 1 is 1.33 bits per heavy atom. The Hall–Kier alpha value is -2.23. The SMILES string of the molecule is Cc1cnc(C(=O)Cc2cnccc2N)c(C)c1. The number of pyridine rings is 2. The molecule has 0 atom stereocenters. The molecule has 18 heavy (non-hydrogen) atoms. The van der Waals surface area contributed by atoms with Crippen LogP contribution in [0.2, 0.25) is 0 Å². The lowest BCUT2D eigenvalue weighted by Gasteiger charge is -2.06. The van der Waals surface area contributed by atoms with Gasteiger partial charge in [-0.2, -0.15) is 0 Å². The summed E-state index contributed by atoms with van der Waals surface area (Å²) in [4.78, 5) is 20.3. The van der Waals surface area contributed by atoms with Gasteiger partial charge in [-0.15, -0.1) is 0 Å². The van der Waals surface area contributed by atoms with Gasteiger partial charge in [-0.1, -0.05) is 6.07 Å². The molecular weight excluding hydrogens is 226 g/mol. The number of carbonyl (C=O) groups is 1. The molecule has 0 saturated heterocycles. The minimum Gasteiger partial charge on any atom is -0.398 e. The molecule has 0 aliphatic carbocycles. The van der Waals surface area contributed by atoms with Crippen LogP contribution in [0.15, 0.2) is 30.7 Å². The highest BCUT2D eigenvalue weighted by atomic mass is 16.1. The van der Waals surface area contributed by atoms with Gasteiger partial charge in [0.2, 0.25) is 0 Å². The third-order valence-electron chi connectivity index (χ3n) is 2.77. The number of Topliss-reactive ketones (excluding diaryl/α,β-unsaturated/α-hetero) is 1. The van der Waals surface area contributed by atoms with Gasteiger partial charge in [0.1, 0.15) is 5.69 Å². The average Bonchev–Trinajstić information content (AvgIpc) is 2.32. The summed E-state index contributed by atoms with van der Waals surface area (Å²) in [5.41, 5.74) is 9.56. The fraction of sp³-hybridized carbons (Fsp3) is 0.214. The van der Waals surface area contributed by atoms with Crippen LogP contribution in [0.1, 0.15) is 27.2 Å². The van der Waals surface area contributed by atoms with E-state index in [9.17, 15) is 4.79 Å². The molecule has 0 bridgehead atoms. The standard InChI is InChI=1S/C14H15N3O/c1-9-5-10(2)14(17-7-9)13(18)6-11-8-16-4-3-12(11)15/h3-5,7-8H,6H2,1-2H3,(H2,15,16). The Labute approximate surface area is 106 Å². The number of hydrogen-bond donors (Lipinski definition) is 1. The van der Waals surface area contributed by atoms with Crippen molar-refractivity contribution in [1.82, 2.24) is 9.97 Å². The number of carbonyl (C=O) groups excluding carboxylic acids is 1. The summed E-state index contributed by atoms with van der Waals surface area (Å²) in [5.74, 6) is -0.0350. The molecule has 0 saturated carbocycles. The topological polar surface area (TPSA) is 68.9 Å². The first-order valence-corrected chi connectivity index (χ1v) is 5.72. The summed E-state index contributed by atoms with van der Waals surface area (Å²) >= 11 is 0. The molecule has 4 nitrogen and oxygen atoms in total. The van der Waals surface area contributed by atoms with Crippen LogP contribution in [0.4, 0.5) is 5.69 Å². The molecular formula is C14H15N3O. The van der Waals surface area contributed by atoms with Gasteiger partial charge >= 0.3 is 0 Å². The molecule has 0 unspecified atom stereocenters. The van der Waals surface area contributed by atoms with Crippen molar-refractivity contribution in [2.45, 2.75) is 20.3 Å². The average molecular weight is 241 g/mol. The number of hydrogen-bond acceptors (Lipinski definition) is 4. The molecule has 4 heteroatoms. The van der Waals surface area contributed by atoms with Crippen LogP contribution < -0.4 is 5.73 Å². The van der Waals surface area contributed by atoms with Crippen LogP contribution in [0.25, 0.3) is 0 Å². The molecule has 0 amide bonds. The third-order valence-corrected chi connectivity index (χ3v) is 2.77. The summed E-state index contributed by atoms with van der Waals surface area (Å²) in [5, 5.41) is 0. The van der Waals surface area contributed by atoms with Crippen molar-refractivity contribution in [3.05, 3.63) is 53.1 Å². The van der Waals surface area contributed by atoms with Crippen LogP contribution in [0.3, 0.4) is 0 Å². The van der Waals surface area contributed by atoms with E-state index in [1.807, 2.05) is 19.9 Å². The highest BCUT2D eigenvalue weighted by Crippen LogP contribution is 2.14. The largest absolute Gasteiger partial charge is 0.398 e. The Bertz CT molecular complexity index is 593. The van der Waals surface area contributed by atoms with Gasteiger partial charge in [-0.25, -0.2) is 0 Å². The van der Waals surface area contributed by atoms with E-state index in [0.29, 0.717) is 11.4 Å². The van der Waals surface area contributed by atoms with Gasteiger partial charge in [0.15, 0.2) is 5.78 Å². The van der Waals surface area contributed by atoms with Gasteiger partial charge in [0.05, 0.1) is 0 Å². The number of nitrogen functional groups attached to an aromatic ring is 1. The Morgan fingerprint density at radius 3 is 2.78 bits per heavy atom.